The van der Waals surface area contributed by atoms with E-state index in [9.17, 15) is 22.4 Å². The second kappa shape index (κ2) is 9.23. The van der Waals surface area contributed by atoms with Gasteiger partial charge in [-0.2, -0.15) is 13.2 Å². The van der Waals surface area contributed by atoms with E-state index in [1.807, 2.05) is 30.3 Å². The molecular formula is C24H18F4N4O. The summed E-state index contributed by atoms with van der Waals surface area (Å²) < 4.78 is 53.6. The SMILES string of the molecule is O=C(c1cn(Cc2ccccc2)cn1)N(Cc1ccc(C(F)(F)F)nc1)c1ccc(F)cc1. The highest BCUT2D eigenvalue weighted by Gasteiger charge is 2.32. The molecule has 5 nitrogen and oxygen atoms in total. The Hall–Kier alpha value is -4.01. The third-order valence-electron chi connectivity index (χ3n) is 4.90. The topological polar surface area (TPSA) is 51.0 Å². The lowest BCUT2D eigenvalue weighted by Crippen LogP contribution is -2.31. The summed E-state index contributed by atoms with van der Waals surface area (Å²) in [4.78, 5) is 22.2. The number of carbonyl (C=O) groups is 1. The van der Waals surface area contributed by atoms with Crippen molar-refractivity contribution in [1.29, 1.82) is 0 Å². The molecule has 0 N–H and O–H groups in total. The van der Waals surface area contributed by atoms with Gasteiger partial charge in [0, 0.05) is 24.6 Å². The number of benzene rings is 2. The number of rotatable bonds is 6. The molecule has 1 amide bonds. The van der Waals surface area contributed by atoms with Crippen molar-refractivity contribution in [2.75, 3.05) is 4.90 Å². The van der Waals surface area contributed by atoms with Gasteiger partial charge in [0.15, 0.2) is 0 Å². The lowest BCUT2D eigenvalue weighted by atomic mass is 10.2. The van der Waals surface area contributed by atoms with Crippen LogP contribution in [0.25, 0.3) is 0 Å². The lowest BCUT2D eigenvalue weighted by Gasteiger charge is -2.22. The molecular weight excluding hydrogens is 436 g/mol. The number of carbonyl (C=O) groups excluding carboxylic acids is 1. The minimum Gasteiger partial charge on any atom is -0.332 e. The van der Waals surface area contributed by atoms with Crippen LogP contribution in [0, 0.1) is 5.82 Å². The normalized spacial score (nSPS) is 11.4. The molecule has 0 saturated carbocycles. The number of imidazole rings is 1. The summed E-state index contributed by atoms with van der Waals surface area (Å²) in [7, 11) is 0. The van der Waals surface area contributed by atoms with Crippen molar-refractivity contribution in [3.05, 3.63) is 114 Å². The van der Waals surface area contributed by atoms with Crippen LogP contribution in [0.1, 0.15) is 27.3 Å². The summed E-state index contributed by atoms with van der Waals surface area (Å²) in [6.07, 6.45) is -0.364. The zero-order chi connectivity index (χ0) is 23.4. The van der Waals surface area contributed by atoms with Gasteiger partial charge in [0.2, 0.25) is 0 Å². The molecule has 0 atom stereocenters. The Balaban J connectivity index is 1.59. The Kier molecular flexibility index (Phi) is 6.21. The van der Waals surface area contributed by atoms with Gasteiger partial charge >= 0.3 is 6.18 Å². The van der Waals surface area contributed by atoms with Crippen molar-refractivity contribution >= 4 is 11.6 Å². The molecule has 33 heavy (non-hydrogen) atoms. The van der Waals surface area contributed by atoms with Crippen LogP contribution < -0.4 is 4.90 Å². The number of hydrogen-bond acceptors (Lipinski definition) is 3. The molecule has 4 aromatic rings. The molecule has 4 rings (SSSR count). The number of hydrogen-bond donors (Lipinski definition) is 0. The first-order valence-electron chi connectivity index (χ1n) is 9.95. The average Bonchev–Trinajstić information content (AvgIpc) is 3.27. The molecule has 9 heteroatoms. The van der Waals surface area contributed by atoms with E-state index in [4.69, 9.17) is 0 Å². The second-order valence-corrected chi connectivity index (χ2v) is 7.33. The number of pyridine rings is 1. The fourth-order valence-corrected chi connectivity index (χ4v) is 3.26. The van der Waals surface area contributed by atoms with Crippen LogP contribution in [0.15, 0.2) is 85.5 Å². The standard InChI is InChI=1S/C24H18F4N4O/c25-19-7-9-20(10-8-19)32(14-18-6-11-22(29-12-18)24(26,27)28)23(33)21-15-31(16-30-21)13-17-4-2-1-3-5-17/h1-12,15-16H,13-14H2. The van der Waals surface area contributed by atoms with Gasteiger partial charge in [0.1, 0.15) is 17.2 Å². The molecule has 0 spiro atoms. The molecule has 0 radical (unpaired) electrons. The largest absolute Gasteiger partial charge is 0.433 e. The van der Waals surface area contributed by atoms with E-state index < -0.39 is 23.6 Å². The van der Waals surface area contributed by atoms with Gasteiger partial charge in [-0.05, 0) is 41.5 Å². The van der Waals surface area contributed by atoms with Crippen molar-refractivity contribution in [1.82, 2.24) is 14.5 Å². The number of aromatic nitrogens is 3. The summed E-state index contributed by atoms with van der Waals surface area (Å²) in [5.74, 6) is -0.956. The fourth-order valence-electron chi connectivity index (χ4n) is 3.26. The third-order valence-corrected chi connectivity index (χ3v) is 4.90. The highest BCUT2D eigenvalue weighted by molar-refractivity contribution is 6.04. The lowest BCUT2D eigenvalue weighted by molar-refractivity contribution is -0.141. The summed E-state index contributed by atoms with van der Waals surface area (Å²) in [6, 6.07) is 17.0. The van der Waals surface area contributed by atoms with Gasteiger partial charge in [-0.15, -0.1) is 0 Å². The van der Waals surface area contributed by atoms with Crippen LogP contribution >= 0.6 is 0 Å². The first-order valence-corrected chi connectivity index (χ1v) is 9.95. The zero-order valence-corrected chi connectivity index (χ0v) is 17.2. The van der Waals surface area contributed by atoms with E-state index in [1.165, 1.54) is 41.6 Å². The maximum atomic E-state index is 13.4. The molecule has 2 aromatic heterocycles. The Labute approximate surface area is 187 Å². The summed E-state index contributed by atoms with van der Waals surface area (Å²) >= 11 is 0. The molecule has 2 heterocycles. The maximum absolute atomic E-state index is 13.4. The van der Waals surface area contributed by atoms with Crippen LogP contribution in [-0.2, 0) is 19.3 Å². The van der Waals surface area contributed by atoms with Crippen LogP contribution in [0.2, 0.25) is 0 Å². The third kappa shape index (κ3) is 5.43. The van der Waals surface area contributed by atoms with Gasteiger partial charge in [-0.25, -0.2) is 9.37 Å². The van der Waals surface area contributed by atoms with Crippen LogP contribution in [0.4, 0.5) is 23.2 Å². The van der Waals surface area contributed by atoms with E-state index in [1.54, 1.807) is 10.8 Å². The predicted octanol–water partition coefficient (Wildman–Crippen LogP) is 5.33. The quantitative estimate of drug-likeness (QED) is 0.370. The summed E-state index contributed by atoms with van der Waals surface area (Å²) in [5.41, 5.74) is 0.907. The van der Waals surface area contributed by atoms with E-state index in [0.717, 1.165) is 17.8 Å². The smallest absolute Gasteiger partial charge is 0.332 e. The Morgan fingerprint density at radius 3 is 2.27 bits per heavy atom. The molecule has 0 saturated heterocycles. The number of halogens is 4. The van der Waals surface area contributed by atoms with Crippen LogP contribution in [-0.4, -0.2) is 20.4 Å². The van der Waals surface area contributed by atoms with E-state index in [2.05, 4.69) is 9.97 Å². The van der Waals surface area contributed by atoms with E-state index in [0.29, 0.717) is 17.8 Å². The van der Waals surface area contributed by atoms with Crippen molar-refractivity contribution in [2.45, 2.75) is 19.3 Å². The zero-order valence-electron chi connectivity index (χ0n) is 17.2. The number of nitrogens with zero attached hydrogens (tertiary/aromatic N) is 4. The molecule has 0 fully saturated rings. The molecule has 0 aliphatic heterocycles. The summed E-state index contributed by atoms with van der Waals surface area (Å²) in [5, 5.41) is 0. The average molecular weight is 454 g/mol. The van der Waals surface area contributed by atoms with Crippen LogP contribution in [0.5, 0.6) is 0 Å². The predicted molar refractivity (Wildman–Crippen MR) is 114 cm³/mol. The molecule has 168 valence electrons. The highest BCUT2D eigenvalue weighted by atomic mass is 19.4. The molecule has 0 aliphatic rings. The minimum atomic E-state index is -4.56. The van der Waals surface area contributed by atoms with Crippen LogP contribution in [0.3, 0.4) is 0 Å². The summed E-state index contributed by atoms with van der Waals surface area (Å²) in [6.45, 7) is 0.446. The van der Waals surface area contributed by atoms with E-state index in [-0.39, 0.29) is 12.2 Å². The second-order valence-electron chi connectivity index (χ2n) is 7.33. The Morgan fingerprint density at radius 2 is 1.64 bits per heavy atom. The van der Waals surface area contributed by atoms with Gasteiger partial charge in [-0.3, -0.25) is 9.78 Å². The molecule has 0 unspecified atom stereocenters. The molecule has 0 aliphatic carbocycles. The monoisotopic (exact) mass is 454 g/mol. The van der Waals surface area contributed by atoms with Crippen molar-refractivity contribution in [2.24, 2.45) is 0 Å². The number of anilines is 1. The molecule has 0 bridgehead atoms. The highest BCUT2D eigenvalue weighted by Crippen LogP contribution is 2.28. The van der Waals surface area contributed by atoms with Gasteiger partial charge in [0.05, 0.1) is 12.9 Å². The van der Waals surface area contributed by atoms with Crippen molar-refractivity contribution in [3.63, 3.8) is 0 Å². The van der Waals surface area contributed by atoms with Crippen molar-refractivity contribution < 1.29 is 22.4 Å². The van der Waals surface area contributed by atoms with Gasteiger partial charge in [0.25, 0.3) is 5.91 Å². The Bertz CT molecular complexity index is 1220. The minimum absolute atomic E-state index is 0.0683. The first kappa shape index (κ1) is 22.2. The Morgan fingerprint density at radius 1 is 0.909 bits per heavy atom. The van der Waals surface area contributed by atoms with Gasteiger partial charge in [-0.1, -0.05) is 36.4 Å². The first-order chi connectivity index (χ1) is 15.8. The fraction of sp³-hybridized carbons (Fsp3) is 0.125. The van der Waals surface area contributed by atoms with Gasteiger partial charge < -0.3 is 9.47 Å². The maximum Gasteiger partial charge on any atom is 0.433 e. The van der Waals surface area contributed by atoms with E-state index >= 15 is 0 Å². The number of amides is 1. The number of alkyl halides is 3. The molecule has 2 aromatic carbocycles. The van der Waals surface area contributed by atoms with Crippen molar-refractivity contribution in [3.8, 4) is 0 Å².